The molecule has 0 aliphatic heterocycles. The number of nitrogens with one attached hydrogen (secondary N) is 1. The van der Waals surface area contributed by atoms with Gasteiger partial charge < -0.3 is 14.9 Å². The van der Waals surface area contributed by atoms with Gasteiger partial charge in [-0.05, 0) is 23.3 Å². The topological polar surface area (TPSA) is 88.2 Å². The van der Waals surface area contributed by atoms with Gasteiger partial charge in [-0.1, -0.05) is 47.6 Å². The number of hydrogen-bond acceptors (Lipinski definition) is 5. The van der Waals surface area contributed by atoms with Crippen LogP contribution in [0.25, 0.3) is 28.9 Å². The van der Waals surface area contributed by atoms with Gasteiger partial charge in [0.05, 0.1) is 6.42 Å². The van der Waals surface area contributed by atoms with Crippen LogP contribution in [-0.2, 0) is 11.3 Å². The predicted octanol–water partition coefficient (Wildman–Crippen LogP) is 4.97. The van der Waals surface area contributed by atoms with E-state index in [1.807, 2.05) is 24.3 Å². The Kier molecular flexibility index (Phi) is 8.35. The molecule has 0 aliphatic carbocycles. The summed E-state index contributed by atoms with van der Waals surface area (Å²) in [5.41, 5.74) is 2.72. The van der Waals surface area contributed by atoms with Crippen molar-refractivity contribution in [1.29, 1.82) is 0 Å². The van der Waals surface area contributed by atoms with Crippen molar-refractivity contribution in [3.8, 4) is 22.8 Å². The van der Waals surface area contributed by atoms with Gasteiger partial charge in [-0.3, -0.25) is 4.79 Å². The van der Waals surface area contributed by atoms with E-state index >= 15 is 0 Å². The highest BCUT2D eigenvalue weighted by atomic mass is 35.5. The molecule has 2 N–H and O–H groups in total. The molecule has 3 aromatic rings. The molecule has 31 heavy (non-hydrogen) atoms. The lowest BCUT2D eigenvalue weighted by Crippen LogP contribution is -2.17. The minimum absolute atomic E-state index is 0. The van der Waals surface area contributed by atoms with Crippen molar-refractivity contribution in [2.75, 3.05) is 6.54 Å². The lowest BCUT2D eigenvalue weighted by atomic mass is 10.1. The molecule has 0 aliphatic rings. The van der Waals surface area contributed by atoms with Crippen molar-refractivity contribution in [3.63, 3.8) is 0 Å². The van der Waals surface area contributed by atoms with Gasteiger partial charge >= 0.3 is 12.1 Å². The fraction of sp³-hybridized carbons (Fsp3) is 0.190. The lowest BCUT2D eigenvalue weighted by Gasteiger charge is -2.03. The first-order chi connectivity index (χ1) is 14.3. The first-order valence-electron chi connectivity index (χ1n) is 9.02. The number of benzene rings is 2. The Morgan fingerprint density at radius 2 is 1.71 bits per heavy atom. The zero-order chi connectivity index (χ0) is 21.6. The van der Waals surface area contributed by atoms with Crippen LogP contribution in [0.15, 0.2) is 59.1 Å². The van der Waals surface area contributed by atoms with Crippen LogP contribution < -0.4 is 5.32 Å². The Hall–Kier alpha value is -3.17. The number of carboxylic acids is 1. The van der Waals surface area contributed by atoms with Gasteiger partial charge in [0.25, 0.3) is 5.89 Å². The second-order valence-corrected chi connectivity index (χ2v) is 6.44. The van der Waals surface area contributed by atoms with Crippen molar-refractivity contribution in [2.45, 2.75) is 19.1 Å². The molecule has 0 radical (unpaired) electrons. The van der Waals surface area contributed by atoms with Gasteiger partial charge in [0, 0.05) is 30.3 Å². The van der Waals surface area contributed by atoms with Crippen LogP contribution in [0.5, 0.6) is 0 Å². The summed E-state index contributed by atoms with van der Waals surface area (Å²) < 4.78 is 42.0. The number of allylic oxidation sites excluding steroid dienone is 1. The minimum Gasteiger partial charge on any atom is -0.481 e. The van der Waals surface area contributed by atoms with E-state index in [2.05, 4.69) is 15.5 Å². The first kappa shape index (κ1) is 24.1. The summed E-state index contributed by atoms with van der Waals surface area (Å²) in [6.45, 7) is 0.927. The molecule has 10 heteroatoms. The van der Waals surface area contributed by atoms with Crippen LogP contribution in [0, 0.1) is 0 Å². The number of rotatable bonds is 8. The molecule has 0 saturated heterocycles. The van der Waals surface area contributed by atoms with E-state index in [4.69, 9.17) is 9.63 Å². The van der Waals surface area contributed by atoms with E-state index in [1.165, 1.54) is 12.1 Å². The lowest BCUT2D eigenvalue weighted by molar-refractivity contribution is -0.136. The second kappa shape index (κ2) is 10.7. The molecular formula is C21H19ClF3N3O3. The van der Waals surface area contributed by atoms with Crippen LogP contribution in [-0.4, -0.2) is 33.9 Å². The maximum atomic E-state index is 12.2. The van der Waals surface area contributed by atoms with Crippen LogP contribution in [0.2, 0.25) is 0 Å². The number of aliphatic carboxylic acids is 1. The monoisotopic (exact) mass is 453 g/mol. The van der Waals surface area contributed by atoms with Gasteiger partial charge in [0.2, 0.25) is 5.82 Å². The van der Waals surface area contributed by atoms with Gasteiger partial charge in [0.15, 0.2) is 0 Å². The van der Waals surface area contributed by atoms with Gasteiger partial charge in [-0.2, -0.15) is 18.2 Å². The molecule has 1 heterocycles. The SMILES string of the molecule is Cl.O=C(O)CCNCc1ccc(-c2noc(-c3ccc(/C=C/C(F)(F)F)cc3)n2)cc1. The summed E-state index contributed by atoms with van der Waals surface area (Å²) in [6.07, 6.45) is -3.13. The number of nitrogens with zero attached hydrogens (tertiary/aromatic N) is 2. The van der Waals surface area contributed by atoms with Crippen molar-refractivity contribution in [2.24, 2.45) is 0 Å². The van der Waals surface area contributed by atoms with Gasteiger partial charge in [-0.25, -0.2) is 0 Å². The zero-order valence-electron chi connectivity index (χ0n) is 16.1. The maximum absolute atomic E-state index is 12.2. The molecule has 6 nitrogen and oxygen atoms in total. The number of aromatic nitrogens is 2. The molecule has 3 rings (SSSR count). The molecule has 0 atom stereocenters. The third-order valence-corrected chi connectivity index (χ3v) is 4.11. The normalized spacial score (nSPS) is 11.5. The molecule has 2 aromatic carbocycles. The Bertz CT molecular complexity index is 1020. The van der Waals surface area contributed by atoms with Crippen molar-refractivity contribution in [3.05, 3.63) is 65.7 Å². The average Bonchev–Trinajstić information content (AvgIpc) is 3.20. The van der Waals surface area contributed by atoms with E-state index in [1.54, 1.807) is 12.1 Å². The number of carboxylic acid groups (broad SMARTS) is 1. The highest BCUT2D eigenvalue weighted by Crippen LogP contribution is 2.24. The van der Waals surface area contributed by atoms with E-state index in [9.17, 15) is 18.0 Å². The van der Waals surface area contributed by atoms with Crippen molar-refractivity contribution >= 4 is 24.5 Å². The molecule has 0 spiro atoms. The van der Waals surface area contributed by atoms with Gasteiger partial charge in [-0.15, -0.1) is 12.4 Å². The Morgan fingerprint density at radius 3 is 2.32 bits per heavy atom. The fourth-order valence-corrected chi connectivity index (χ4v) is 2.59. The fourth-order valence-electron chi connectivity index (χ4n) is 2.59. The summed E-state index contributed by atoms with van der Waals surface area (Å²) in [5.74, 6) is -0.203. The molecule has 0 bridgehead atoms. The first-order valence-corrected chi connectivity index (χ1v) is 9.02. The zero-order valence-corrected chi connectivity index (χ0v) is 16.9. The summed E-state index contributed by atoms with van der Waals surface area (Å²) in [6, 6.07) is 13.7. The van der Waals surface area contributed by atoms with Crippen molar-refractivity contribution in [1.82, 2.24) is 15.5 Å². The maximum Gasteiger partial charge on any atom is 0.409 e. The molecule has 164 valence electrons. The van der Waals surface area contributed by atoms with Crippen LogP contribution in [0.4, 0.5) is 13.2 Å². The number of carbonyl (C=O) groups is 1. The molecular weight excluding hydrogens is 435 g/mol. The van der Waals surface area contributed by atoms with E-state index in [0.29, 0.717) is 30.0 Å². The smallest absolute Gasteiger partial charge is 0.409 e. The highest BCUT2D eigenvalue weighted by Gasteiger charge is 2.21. The summed E-state index contributed by atoms with van der Waals surface area (Å²) >= 11 is 0. The predicted molar refractivity (Wildman–Crippen MR) is 111 cm³/mol. The third kappa shape index (κ3) is 7.54. The average molecular weight is 454 g/mol. The molecule has 0 fully saturated rings. The highest BCUT2D eigenvalue weighted by molar-refractivity contribution is 5.85. The largest absolute Gasteiger partial charge is 0.481 e. The van der Waals surface area contributed by atoms with Gasteiger partial charge in [0.1, 0.15) is 0 Å². The third-order valence-electron chi connectivity index (χ3n) is 4.11. The van der Waals surface area contributed by atoms with Crippen LogP contribution >= 0.6 is 12.4 Å². The Balaban J connectivity index is 0.00000341. The minimum atomic E-state index is -4.36. The Labute approximate surface area is 182 Å². The number of alkyl halides is 3. The van der Waals surface area contributed by atoms with E-state index in [0.717, 1.165) is 17.2 Å². The Morgan fingerprint density at radius 1 is 1.06 bits per heavy atom. The molecule has 0 unspecified atom stereocenters. The second-order valence-electron chi connectivity index (χ2n) is 6.44. The molecule has 0 amide bonds. The standard InChI is InChI=1S/C21H18F3N3O3.ClH/c22-21(23,24)11-9-14-1-7-17(8-2-14)20-26-19(27-30-20)16-5-3-15(4-6-16)13-25-12-10-18(28)29;/h1-9,11,25H,10,12-13H2,(H,28,29);1H/b11-9+;. The van der Waals surface area contributed by atoms with Crippen LogP contribution in [0.1, 0.15) is 17.5 Å². The van der Waals surface area contributed by atoms with Crippen LogP contribution in [0.3, 0.4) is 0 Å². The summed E-state index contributed by atoms with van der Waals surface area (Å²) in [4.78, 5) is 14.8. The number of halogens is 4. The van der Waals surface area contributed by atoms with E-state index in [-0.39, 0.29) is 30.8 Å². The number of hydrogen-bond donors (Lipinski definition) is 2. The quantitative estimate of drug-likeness (QED) is 0.468. The molecule has 0 saturated carbocycles. The summed E-state index contributed by atoms with van der Waals surface area (Å²) in [5, 5.41) is 15.6. The molecule has 1 aromatic heterocycles. The van der Waals surface area contributed by atoms with E-state index < -0.39 is 12.1 Å². The van der Waals surface area contributed by atoms with Crippen molar-refractivity contribution < 1.29 is 27.6 Å². The summed E-state index contributed by atoms with van der Waals surface area (Å²) in [7, 11) is 0.